The van der Waals surface area contributed by atoms with Crippen molar-refractivity contribution in [2.75, 3.05) is 11.5 Å². The van der Waals surface area contributed by atoms with Crippen molar-refractivity contribution < 1.29 is 9.53 Å². The van der Waals surface area contributed by atoms with E-state index in [1.807, 2.05) is 65.2 Å². The molecule has 1 aliphatic rings. The third-order valence-electron chi connectivity index (χ3n) is 5.56. The largest absolute Gasteiger partial charge is 0.358 e. The molecule has 0 saturated carbocycles. The maximum Gasteiger partial charge on any atom is 0.252 e. The van der Waals surface area contributed by atoms with E-state index in [0.29, 0.717) is 16.5 Å². The molecule has 0 aromatic heterocycles. The Balaban J connectivity index is 2.08. The molecule has 0 bridgehead atoms. The summed E-state index contributed by atoms with van der Waals surface area (Å²) in [6, 6.07) is 15.2. The molecule has 31 heavy (non-hydrogen) atoms. The zero-order valence-corrected chi connectivity index (χ0v) is 20.3. The molecule has 2 aromatic carbocycles. The lowest BCUT2D eigenvalue weighted by Crippen LogP contribution is -2.54. The quantitative estimate of drug-likeness (QED) is 0.284. The average Bonchev–Trinajstić information content (AvgIpc) is 2.75. The van der Waals surface area contributed by atoms with Crippen LogP contribution in [0.15, 0.2) is 61.2 Å². The van der Waals surface area contributed by atoms with Gasteiger partial charge in [0.15, 0.2) is 0 Å². The number of morpholine rings is 1. The van der Waals surface area contributed by atoms with Gasteiger partial charge < -0.3 is 9.64 Å². The first-order valence-corrected chi connectivity index (χ1v) is 12.5. The monoisotopic (exact) mass is 477 g/mol. The van der Waals surface area contributed by atoms with Gasteiger partial charge in [-0.05, 0) is 60.2 Å². The van der Waals surface area contributed by atoms with Crippen molar-refractivity contribution in [2.45, 2.75) is 51.0 Å². The van der Waals surface area contributed by atoms with Crippen LogP contribution in [0.2, 0.25) is 10.0 Å². The Kier molecular flexibility index (Phi) is 8.91. The normalized spacial score (nSPS) is 22.4. The first kappa shape index (κ1) is 24.2. The Morgan fingerprint density at radius 1 is 1.16 bits per heavy atom. The minimum atomic E-state index is -0.564. The summed E-state index contributed by atoms with van der Waals surface area (Å²) in [5.74, 6) is 2.07. The van der Waals surface area contributed by atoms with Crippen LogP contribution in [-0.4, -0.2) is 34.5 Å². The number of hydrogen-bond acceptors (Lipinski definition) is 3. The summed E-state index contributed by atoms with van der Waals surface area (Å²) in [6.07, 6.45) is 2.22. The molecule has 3 rings (SSSR count). The van der Waals surface area contributed by atoms with E-state index >= 15 is 0 Å². The van der Waals surface area contributed by atoms with Crippen molar-refractivity contribution in [3.8, 4) is 0 Å². The van der Waals surface area contributed by atoms with Gasteiger partial charge in [-0.1, -0.05) is 60.5 Å². The Morgan fingerprint density at radius 2 is 1.90 bits per heavy atom. The molecule has 0 radical (unpaired) electrons. The van der Waals surface area contributed by atoms with Gasteiger partial charge in [-0.3, -0.25) is 4.79 Å². The van der Waals surface area contributed by atoms with Gasteiger partial charge in [-0.15, -0.1) is 6.58 Å². The summed E-state index contributed by atoms with van der Waals surface area (Å²) >= 11 is 14.4. The van der Waals surface area contributed by atoms with Crippen LogP contribution < -0.4 is 0 Å². The second-order valence-electron chi connectivity index (χ2n) is 7.70. The molecule has 166 valence electrons. The molecule has 1 aliphatic heterocycles. The van der Waals surface area contributed by atoms with Gasteiger partial charge in [-0.25, -0.2) is 0 Å². The minimum Gasteiger partial charge on any atom is -0.358 e. The second-order valence-corrected chi connectivity index (χ2v) is 9.97. The van der Waals surface area contributed by atoms with Crippen LogP contribution in [-0.2, 0) is 9.53 Å². The fourth-order valence-corrected chi connectivity index (χ4v) is 5.16. The van der Waals surface area contributed by atoms with Crippen molar-refractivity contribution in [1.82, 2.24) is 4.90 Å². The van der Waals surface area contributed by atoms with Crippen LogP contribution in [0, 0.1) is 0 Å². The molecule has 1 amide bonds. The first-order valence-electron chi connectivity index (χ1n) is 10.6. The van der Waals surface area contributed by atoms with E-state index in [9.17, 15) is 4.79 Å². The van der Waals surface area contributed by atoms with E-state index in [1.54, 1.807) is 6.08 Å². The minimum absolute atomic E-state index is 0.00660. The van der Waals surface area contributed by atoms with Crippen LogP contribution in [0.4, 0.5) is 0 Å². The summed E-state index contributed by atoms with van der Waals surface area (Å²) in [5, 5.41) is 1.31. The van der Waals surface area contributed by atoms with Crippen molar-refractivity contribution in [3.63, 3.8) is 0 Å². The molecule has 1 heterocycles. The van der Waals surface area contributed by atoms with Crippen molar-refractivity contribution in [3.05, 3.63) is 82.4 Å². The first-order chi connectivity index (χ1) is 15.0. The number of rotatable bonds is 9. The van der Waals surface area contributed by atoms with E-state index in [-0.39, 0.29) is 24.1 Å². The van der Waals surface area contributed by atoms with Gasteiger partial charge in [0.2, 0.25) is 0 Å². The van der Waals surface area contributed by atoms with Crippen LogP contribution in [0.1, 0.15) is 50.0 Å². The third kappa shape index (κ3) is 5.87. The summed E-state index contributed by atoms with van der Waals surface area (Å²) in [7, 11) is 0. The number of amides is 1. The highest BCUT2D eigenvalue weighted by Gasteiger charge is 2.45. The number of hydrogen-bond donors (Lipinski definition) is 0. The summed E-state index contributed by atoms with van der Waals surface area (Å²) in [6.45, 7) is 8.11. The molecule has 0 N–H and O–H groups in total. The Hall–Kier alpha value is -1.46. The molecule has 0 spiro atoms. The summed E-state index contributed by atoms with van der Waals surface area (Å²) in [4.78, 5) is 15.6. The zero-order valence-electron chi connectivity index (χ0n) is 18.0. The number of thioether (sulfide) groups is 1. The zero-order chi connectivity index (χ0) is 22.4. The molecule has 1 unspecified atom stereocenters. The standard InChI is InChI=1S/C25H29Cl2NO2S/c1-4-7-22-25(29)28(17(3)14-15-31-5-2)23(18-10-12-20(26)13-11-18)24(30-22)19-8-6-9-21(27)16-19/h4,6,8-13,16-17,22-24H,1,5,7,14-15H2,2-3H3/t17-,22?,23+,24+/m0/s1. The lowest BCUT2D eigenvalue weighted by molar-refractivity contribution is -0.178. The highest BCUT2D eigenvalue weighted by molar-refractivity contribution is 7.99. The number of carbonyl (C=O) groups is 1. The van der Waals surface area contributed by atoms with E-state index in [2.05, 4.69) is 20.4 Å². The highest BCUT2D eigenvalue weighted by Crippen LogP contribution is 2.44. The third-order valence-corrected chi connectivity index (χ3v) is 6.98. The van der Waals surface area contributed by atoms with Crippen LogP contribution in [0.5, 0.6) is 0 Å². The van der Waals surface area contributed by atoms with Crippen molar-refractivity contribution in [2.24, 2.45) is 0 Å². The topological polar surface area (TPSA) is 29.5 Å². The van der Waals surface area contributed by atoms with Gasteiger partial charge in [0.05, 0.1) is 6.04 Å². The lowest BCUT2D eigenvalue weighted by atomic mass is 9.89. The molecule has 1 saturated heterocycles. The summed E-state index contributed by atoms with van der Waals surface area (Å²) < 4.78 is 6.42. The number of carbonyl (C=O) groups excluding carboxylic acids is 1. The van der Waals surface area contributed by atoms with E-state index < -0.39 is 6.10 Å². The Bertz CT molecular complexity index is 889. The van der Waals surface area contributed by atoms with Crippen LogP contribution in [0.3, 0.4) is 0 Å². The fourth-order valence-electron chi connectivity index (χ4n) is 4.04. The van der Waals surface area contributed by atoms with Gasteiger partial charge in [0.1, 0.15) is 12.2 Å². The van der Waals surface area contributed by atoms with Crippen LogP contribution >= 0.6 is 35.0 Å². The SMILES string of the molecule is C=CCC1O[C@H](c2cccc(Cl)c2)[C@@H](c2ccc(Cl)cc2)N([C@@H](C)CCSCC)C1=O. The Morgan fingerprint density at radius 3 is 2.55 bits per heavy atom. The van der Waals surface area contributed by atoms with Gasteiger partial charge in [0.25, 0.3) is 5.91 Å². The van der Waals surface area contributed by atoms with E-state index in [0.717, 1.165) is 29.1 Å². The predicted molar refractivity (Wildman–Crippen MR) is 132 cm³/mol. The Labute approximate surface area is 199 Å². The molecule has 0 aliphatic carbocycles. The maximum atomic E-state index is 13.6. The maximum absolute atomic E-state index is 13.6. The van der Waals surface area contributed by atoms with Crippen molar-refractivity contribution in [1.29, 1.82) is 0 Å². The van der Waals surface area contributed by atoms with Gasteiger partial charge in [0, 0.05) is 22.5 Å². The van der Waals surface area contributed by atoms with E-state index in [1.165, 1.54) is 0 Å². The molecular formula is C25H29Cl2NO2S. The molecule has 3 nitrogen and oxygen atoms in total. The van der Waals surface area contributed by atoms with E-state index in [4.69, 9.17) is 27.9 Å². The predicted octanol–water partition coefficient (Wildman–Crippen LogP) is 7.11. The molecular weight excluding hydrogens is 449 g/mol. The lowest BCUT2D eigenvalue weighted by Gasteiger charge is -2.47. The molecule has 4 atom stereocenters. The second kappa shape index (κ2) is 11.4. The fraction of sp³-hybridized carbons (Fsp3) is 0.400. The number of ether oxygens (including phenoxy) is 1. The number of nitrogens with zero attached hydrogens (tertiary/aromatic N) is 1. The molecule has 6 heteroatoms. The molecule has 2 aromatic rings. The highest BCUT2D eigenvalue weighted by atomic mass is 35.5. The van der Waals surface area contributed by atoms with Gasteiger partial charge in [-0.2, -0.15) is 11.8 Å². The molecule has 1 fully saturated rings. The average molecular weight is 478 g/mol. The van der Waals surface area contributed by atoms with Crippen molar-refractivity contribution >= 4 is 40.9 Å². The number of halogens is 2. The number of benzene rings is 2. The smallest absolute Gasteiger partial charge is 0.252 e. The summed E-state index contributed by atoms with van der Waals surface area (Å²) in [5.41, 5.74) is 1.95. The van der Waals surface area contributed by atoms with Crippen LogP contribution in [0.25, 0.3) is 0 Å². The van der Waals surface area contributed by atoms with Gasteiger partial charge >= 0.3 is 0 Å².